The number of primary sulfonamides is 1. The van der Waals surface area contributed by atoms with Crippen molar-refractivity contribution in [1.29, 1.82) is 0 Å². The molecule has 0 aliphatic carbocycles. The maximum atomic E-state index is 11.9. The molecule has 7 heteroatoms. The summed E-state index contributed by atoms with van der Waals surface area (Å²) in [6, 6.07) is 6.13. The lowest BCUT2D eigenvalue weighted by molar-refractivity contribution is -0.127. The summed E-state index contributed by atoms with van der Waals surface area (Å²) in [4.78, 5) is 13.7. The number of likely N-dealkylation sites (tertiary alicyclic amines) is 1. The number of amides is 1. The fourth-order valence-electron chi connectivity index (χ4n) is 3.17. The normalized spacial score (nSPS) is 21.0. The molecule has 2 heterocycles. The molecule has 0 saturated carbocycles. The Balaban J connectivity index is 1.56. The lowest BCUT2D eigenvalue weighted by Gasteiger charge is -2.16. The second kappa shape index (κ2) is 5.89. The lowest BCUT2D eigenvalue weighted by Crippen LogP contribution is -2.29. The number of nitrogens with zero attached hydrogens (tertiary/aromatic N) is 1. The quantitative estimate of drug-likeness (QED) is 0.843. The minimum absolute atomic E-state index is 0.0122. The Hall–Kier alpha value is -1.60. The van der Waals surface area contributed by atoms with Crippen LogP contribution >= 0.6 is 0 Å². The SMILES string of the molecule is NS(=O)(=O)CC1CC(=O)N(CCc2ccc3c(c2)CCO3)C1. The maximum absolute atomic E-state index is 11.9. The van der Waals surface area contributed by atoms with E-state index in [4.69, 9.17) is 9.88 Å². The van der Waals surface area contributed by atoms with E-state index < -0.39 is 10.0 Å². The fourth-order valence-corrected chi connectivity index (χ4v) is 4.05. The molecule has 1 atom stereocenters. The van der Waals surface area contributed by atoms with Crippen LogP contribution in [0.2, 0.25) is 0 Å². The second-order valence-corrected chi connectivity index (χ2v) is 7.69. The number of nitrogens with two attached hydrogens (primary N) is 1. The Bertz CT molecular complexity index is 687. The van der Waals surface area contributed by atoms with Crippen LogP contribution in [0.25, 0.3) is 0 Å². The van der Waals surface area contributed by atoms with Gasteiger partial charge in [0.25, 0.3) is 0 Å². The maximum Gasteiger partial charge on any atom is 0.222 e. The van der Waals surface area contributed by atoms with Crippen LogP contribution in [0, 0.1) is 5.92 Å². The van der Waals surface area contributed by atoms with Crippen LogP contribution in [0.1, 0.15) is 17.5 Å². The first-order valence-corrected chi connectivity index (χ1v) is 9.15. The molecule has 0 aromatic heterocycles. The zero-order chi connectivity index (χ0) is 15.7. The monoisotopic (exact) mass is 324 g/mol. The molecule has 1 saturated heterocycles. The standard InChI is InChI=1S/C15H20N2O4S/c16-22(19,20)10-12-8-15(18)17(9-12)5-3-11-1-2-14-13(7-11)4-6-21-14/h1-2,7,12H,3-6,8-10H2,(H2,16,19,20). The van der Waals surface area contributed by atoms with Crippen LogP contribution in [-0.2, 0) is 27.7 Å². The largest absolute Gasteiger partial charge is 0.493 e. The van der Waals surface area contributed by atoms with Gasteiger partial charge in [0.2, 0.25) is 15.9 Å². The molecule has 2 N–H and O–H groups in total. The third-order valence-electron chi connectivity index (χ3n) is 4.19. The van der Waals surface area contributed by atoms with E-state index in [9.17, 15) is 13.2 Å². The van der Waals surface area contributed by atoms with Crippen molar-refractivity contribution < 1.29 is 17.9 Å². The summed E-state index contributed by atoms with van der Waals surface area (Å²) in [6.07, 6.45) is 1.97. The highest BCUT2D eigenvalue weighted by Crippen LogP contribution is 2.26. The summed E-state index contributed by atoms with van der Waals surface area (Å²) in [5, 5.41) is 5.05. The van der Waals surface area contributed by atoms with E-state index in [1.165, 1.54) is 11.1 Å². The van der Waals surface area contributed by atoms with Crippen LogP contribution < -0.4 is 9.88 Å². The molecule has 1 unspecified atom stereocenters. The predicted octanol–water partition coefficient (Wildman–Crippen LogP) is 0.301. The van der Waals surface area contributed by atoms with E-state index in [0.717, 1.165) is 25.2 Å². The second-order valence-electron chi connectivity index (χ2n) is 6.03. The van der Waals surface area contributed by atoms with Crippen molar-refractivity contribution >= 4 is 15.9 Å². The molecular formula is C15H20N2O4S. The van der Waals surface area contributed by atoms with Crippen molar-refractivity contribution in [3.8, 4) is 5.75 Å². The Morgan fingerprint density at radius 1 is 1.36 bits per heavy atom. The minimum atomic E-state index is -3.52. The van der Waals surface area contributed by atoms with Gasteiger partial charge in [-0.2, -0.15) is 0 Å². The van der Waals surface area contributed by atoms with Gasteiger partial charge in [-0.25, -0.2) is 13.6 Å². The van der Waals surface area contributed by atoms with Gasteiger partial charge in [-0.1, -0.05) is 12.1 Å². The van der Waals surface area contributed by atoms with E-state index in [1.54, 1.807) is 4.90 Å². The molecule has 0 radical (unpaired) electrons. The summed E-state index contributed by atoms with van der Waals surface area (Å²) < 4.78 is 27.7. The molecule has 1 aromatic carbocycles. The van der Waals surface area contributed by atoms with Gasteiger partial charge in [-0.3, -0.25) is 4.79 Å². The molecule has 1 aromatic rings. The van der Waals surface area contributed by atoms with Crippen molar-refractivity contribution in [3.05, 3.63) is 29.3 Å². The number of fused-ring (bicyclic) bond motifs is 1. The zero-order valence-electron chi connectivity index (χ0n) is 12.3. The highest BCUT2D eigenvalue weighted by atomic mass is 32.2. The molecule has 120 valence electrons. The van der Waals surface area contributed by atoms with Crippen LogP contribution in [0.5, 0.6) is 5.75 Å². The molecule has 1 fully saturated rings. The number of hydrogen-bond acceptors (Lipinski definition) is 4. The molecule has 6 nitrogen and oxygen atoms in total. The van der Waals surface area contributed by atoms with Gasteiger partial charge in [0, 0.05) is 31.8 Å². The van der Waals surface area contributed by atoms with Gasteiger partial charge in [0.15, 0.2) is 0 Å². The topological polar surface area (TPSA) is 89.7 Å². The first-order chi connectivity index (χ1) is 10.4. The Morgan fingerprint density at radius 2 is 2.18 bits per heavy atom. The molecule has 0 spiro atoms. The van der Waals surface area contributed by atoms with Crippen LogP contribution in [0.4, 0.5) is 0 Å². The van der Waals surface area contributed by atoms with E-state index in [2.05, 4.69) is 6.07 Å². The van der Waals surface area contributed by atoms with Crippen LogP contribution in [-0.4, -0.2) is 44.7 Å². The van der Waals surface area contributed by atoms with Crippen molar-refractivity contribution in [2.45, 2.75) is 19.3 Å². The number of sulfonamides is 1. The van der Waals surface area contributed by atoms with Gasteiger partial charge < -0.3 is 9.64 Å². The minimum Gasteiger partial charge on any atom is -0.493 e. The van der Waals surface area contributed by atoms with Crippen LogP contribution in [0.3, 0.4) is 0 Å². The van der Waals surface area contributed by atoms with E-state index >= 15 is 0 Å². The van der Waals surface area contributed by atoms with Gasteiger partial charge in [-0.15, -0.1) is 0 Å². The van der Waals surface area contributed by atoms with Crippen molar-refractivity contribution in [1.82, 2.24) is 4.90 Å². The van der Waals surface area contributed by atoms with Crippen LogP contribution in [0.15, 0.2) is 18.2 Å². The lowest BCUT2D eigenvalue weighted by atomic mass is 10.1. The van der Waals surface area contributed by atoms with Gasteiger partial charge in [0.05, 0.1) is 12.4 Å². The molecule has 1 amide bonds. The number of hydrogen-bond donors (Lipinski definition) is 1. The highest BCUT2D eigenvalue weighted by molar-refractivity contribution is 7.89. The summed E-state index contributed by atoms with van der Waals surface area (Å²) in [5.74, 6) is 0.661. The Morgan fingerprint density at radius 3 is 2.95 bits per heavy atom. The number of benzene rings is 1. The van der Waals surface area contributed by atoms with Crippen molar-refractivity contribution in [2.24, 2.45) is 11.1 Å². The van der Waals surface area contributed by atoms with E-state index in [-0.39, 0.29) is 24.0 Å². The van der Waals surface area contributed by atoms with Gasteiger partial charge in [0.1, 0.15) is 5.75 Å². The molecule has 2 aliphatic rings. The molecule has 22 heavy (non-hydrogen) atoms. The highest BCUT2D eigenvalue weighted by Gasteiger charge is 2.31. The van der Waals surface area contributed by atoms with Gasteiger partial charge in [-0.05, 0) is 23.6 Å². The van der Waals surface area contributed by atoms with Crippen molar-refractivity contribution in [2.75, 3.05) is 25.4 Å². The third kappa shape index (κ3) is 3.59. The predicted molar refractivity (Wildman–Crippen MR) is 82.0 cm³/mol. The summed E-state index contributed by atoms with van der Waals surface area (Å²) in [5.41, 5.74) is 2.39. The molecular weight excluding hydrogens is 304 g/mol. The van der Waals surface area contributed by atoms with E-state index in [0.29, 0.717) is 13.1 Å². The number of carbonyl (C=O) groups excluding carboxylic acids is 1. The summed E-state index contributed by atoms with van der Waals surface area (Å²) in [6.45, 7) is 1.82. The first kappa shape index (κ1) is 15.3. The Labute approximate surface area is 130 Å². The average molecular weight is 324 g/mol. The average Bonchev–Trinajstić information content (AvgIpc) is 3.00. The number of rotatable bonds is 5. The number of carbonyl (C=O) groups is 1. The van der Waals surface area contributed by atoms with Gasteiger partial charge >= 0.3 is 0 Å². The smallest absolute Gasteiger partial charge is 0.222 e. The summed E-state index contributed by atoms with van der Waals surface area (Å²) in [7, 11) is -3.52. The summed E-state index contributed by atoms with van der Waals surface area (Å²) >= 11 is 0. The zero-order valence-corrected chi connectivity index (χ0v) is 13.1. The van der Waals surface area contributed by atoms with E-state index in [1.807, 2.05) is 12.1 Å². The Kier molecular flexibility index (Phi) is 4.10. The third-order valence-corrected chi connectivity index (χ3v) is 5.12. The van der Waals surface area contributed by atoms with Crippen molar-refractivity contribution in [3.63, 3.8) is 0 Å². The first-order valence-electron chi connectivity index (χ1n) is 7.43. The fraction of sp³-hybridized carbons (Fsp3) is 0.533. The number of ether oxygens (including phenoxy) is 1. The molecule has 2 aliphatic heterocycles. The molecule has 0 bridgehead atoms. The molecule has 3 rings (SSSR count).